The summed E-state index contributed by atoms with van der Waals surface area (Å²) in [5.74, 6) is 0.697. The molecule has 1 aliphatic heterocycles. The van der Waals surface area contributed by atoms with Crippen molar-refractivity contribution in [1.82, 2.24) is 0 Å². The summed E-state index contributed by atoms with van der Waals surface area (Å²) in [4.78, 5) is 11.8. The Morgan fingerprint density at radius 1 is 1.22 bits per heavy atom. The number of anilines is 1. The molecule has 140 valence electrons. The molecule has 0 unspecified atom stereocenters. The first kappa shape index (κ1) is 17.7. The summed E-state index contributed by atoms with van der Waals surface area (Å²) in [6, 6.07) is 8.85. The first-order chi connectivity index (χ1) is 13.0. The summed E-state index contributed by atoms with van der Waals surface area (Å²) in [6.07, 6.45) is 5.04. The first-order valence-electron chi connectivity index (χ1n) is 8.76. The lowest BCUT2D eigenvalue weighted by atomic mass is 9.75. The van der Waals surface area contributed by atoms with Crippen LogP contribution >= 0.6 is 11.6 Å². The normalized spacial score (nSPS) is 22.6. The van der Waals surface area contributed by atoms with Crippen LogP contribution in [0.25, 0.3) is 0 Å². The van der Waals surface area contributed by atoms with Crippen LogP contribution in [0.2, 0.25) is 5.02 Å². The van der Waals surface area contributed by atoms with Crippen molar-refractivity contribution in [3.63, 3.8) is 0 Å². The van der Waals surface area contributed by atoms with Gasteiger partial charge in [0.25, 0.3) is 0 Å². The second-order valence-corrected chi connectivity index (χ2v) is 7.18. The molecule has 0 saturated heterocycles. The number of hydrogen-bond acceptors (Lipinski definition) is 4. The quantitative estimate of drug-likeness (QED) is 0.734. The van der Waals surface area contributed by atoms with Gasteiger partial charge in [-0.25, -0.2) is 4.79 Å². The number of nitrogens with one attached hydrogen (secondary N) is 1. The Balaban J connectivity index is 1.89. The molecule has 0 bridgehead atoms. The number of carboxylic acid groups (broad SMARTS) is 1. The molecule has 2 N–H and O–H groups in total. The number of benzene rings is 2. The van der Waals surface area contributed by atoms with E-state index < -0.39 is 5.97 Å². The van der Waals surface area contributed by atoms with E-state index in [1.807, 2.05) is 18.2 Å². The molecule has 3 atom stereocenters. The summed E-state index contributed by atoms with van der Waals surface area (Å²) in [5, 5.41) is 13.7. The van der Waals surface area contributed by atoms with E-state index in [2.05, 4.69) is 17.5 Å². The zero-order chi connectivity index (χ0) is 19.1. The number of methoxy groups -OCH3 is 2. The predicted octanol–water partition coefficient (Wildman–Crippen LogP) is 4.88. The average molecular weight is 386 g/mol. The number of halogens is 1. The molecule has 0 fully saturated rings. The van der Waals surface area contributed by atoms with E-state index in [9.17, 15) is 9.90 Å². The third-order valence-electron chi connectivity index (χ3n) is 5.47. The van der Waals surface area contributed by atoms with Crippen molar-refractivity contribution in [2.24, 2.45) is 5.92 Å². The maximum Gasteiger partial charge on any atom is 0.336 e. The van der Waals surface area contributed by atoms with Gasteiger partial charge >= 0.3 is 5.97 Å². The Bertz CT molecular complexity index is 940. The summed E-state index contributed by atoms with van der Waals surface area (Å²) in [7, 11) is 3.27. The van der Waals surface area contributed by atoms with Gasteiger partial charge in [-0.15, -0.1) is 0 Å². The van der Waals surface area contributed by atoms with E-state index in [1.54, 1.807) is 26.4 Å². The molecule has 2 aliphatic rings. The fraction of sp³-hybridized carbons (Fsp3) is 0.286. The highest BCUT2D eigenvalue weighted by atomic mass is 35.5. The highest BCUT2D eigenvalue weighted by Gasteiger charge is 2.41. The zero-order valence-corrected chi connectivity index (χ0v) is 15.8. The minimum atomic E-state index is -0.943. The number of hydrogen-bond donors (Lipinski definition) is 2. The number of ether oxygens (including phenoxy) is 2. The van der Waals surface area contributed by atoms with Gasteiger partial charge in [-0.1, -0.05) is 23.8 Å². The topological polar surface area (TPSA) is 67.8 Å². The molecule has 5 nitrogen and oxygen atoms in total. The zero-order valence-electron chi connectivity index (χ0n) is 15.0. The van der Waals surface area contributed by atoms with Crippen LogP contribution < -0.4 is 14.8 Å². The van der Waals surface area contributed by atoms with E-state index in [-0.39, 0.29) is 17.9 Å². The molecule has 0 amide bonds. The Labute approximate surface area is 162 Å². The van der Waals surface area contributed by atoms with Gasteiger partial charge in [0.1, 0.15) is 11.5 Å². The molecule has 2 aromatic rings. The van der Waals surface area contributed by atoms with Crippen molar-refractivity contribution in [1.29, 1.82) is 0 Å². The smallest absolute Gasteiger partial charge is 0.336 e. The molecule has 0 saturated carbocycles. The highest BCUT2D eigenvalue weighted by molar-refractivity contribution is 6.33. The fourth-order valence-corrected chi connectivity index (χ4v) is 4.47. The van der Waals surface area contributed by atoms with Gasteiger partial charge < -0.3 is 19.9 Å². The molecule has 4 rings (SSSR count). The van der Waals surface area contributed by atoms with Crippen molar-refractivity contribution in [3.05, 3.63) is 64.2 Å². The van der Waals surface area contributed by atoms with Crippen LogP contribution in [-0.2, 0) is 0 Å². The minimum Gasteiger partial charge on any atom is -0.497 e. The van der Waals surface area contributed by atoms with Crippen LogP contribution in [0.3, 0.4) is 0 Å². The molecule has 0 aromatic heterocycles. The molecule has 6 heteroatoms. The van der Waals surface area contributed by atoms with Gasteiger partial charge in [-0.3, -0.25) is 0 Å². The Hall–Kier alpha value is -2.66. The number of fused-ring (bicyclic) bond motifs is 3. The molecule has 1 heterocycles. The molecule has 2 aromatic carbocycles. The third kappa shape index (κ3) is 2.82. The van der Waals surface area contributed by atoms with Crippen LogP contribution in [0, 0.1) is 5.92 Å². The van der Waals surface area contributed by atoms with Crippen LogP contribution in [0.1, 0.15) is 39.9 Å². The van der Waals surface area contributed by atoms with Crippen molar-refractivity contribution in [3.8, 4) is 11.5 Å². The van der Waals surface area contributed by atoms with Crippen LogP contribution in [0.15, 0.2) is 42.5 Å². The average Bonchev–Trinajstić information content (AvgIpc) is 3.17. The predicted molar refractivity (Wildman–Crippen MR) is 104 cm³/mol. The van der Waals surface area contributed by atoms with Gasteiger partial charge in [-0.05, 0) is 48.2 Å². The molecule has 1 aliphatic carbocycles. The van der Waals surface area contributed by atoms with Gasteiger partial charge in [0.05, 0.1) is 36.5 Å². The summed E-state index contributed by atoms with van der Waals surface area (Å²) in [5.41, 5.74) is 2.70. The van der Waals surface area contributed by atoms with Crippen LogP contribution in [0.4, 0.5) is 5.69 Å². The van der Waals surface area contributed by atoms with Gasteiger partial charge in [0.15, 0.2) is 0 Å². The molecule has 0 radical (unpaired) electrons. The lowest BCUT2D eigenvalue weighted by Gasteiger charge is -2.39. The SMILES string of the molecule is COc1ccc(OC)c([C@H]2Nc3c(Cl)ccc(C(=O)O)c3[C@@H]3C=CC[C@H]23)c1. The molecular formula is C21H20ClNO4. The number of rotatable bonds is 4. The number of aromatic carboxylic acids is 1. The van der Waals surface area contributed by atoms with E-state index in [1.165, 1.54) is 0 Å². The number of carbonyl (C=O) groups is 1. The monoisotopic (exact) mass is 385 g/mol. The van der Waals surface area contributed by atoms with Gasteiger partial charge in [0, 0.05) is 11.5 Å². The third-order valence-corrected chi connectivity index (χ3v) is 5.79. The van der Waals surface area contributed by atoms with E-state index in [0.29, 0.717) is 16.3 Å². The first-order valence-corrected chi connectivity index (χ1v) is 9.13. The molecule has 0 spiro atoms. The van der Waals surface area contributed by atoms with Gasteiger partial charge in [0.2, 0.25) is 0 Å². The van der Waals surface area contributed by atoms with Gasteiger partial charge in [-0.2, -0.15) is 0 Å². The largest absolute Gasteiger partial charge is 0.497 e. The Kier molecular flexibility index (Phi) is 4.48. The van der Waals surface area contributed by atoms with Crippen molar-refractivity contribution in [2.75, 3.05) is 19.5 Å². The van der Waals surface area contributed by atoms with Crippen LogP contribution in [-0.4, -0.2) is 25.3 Å². The van der Waals surface area contributed by atoms with Crippen molar-refractivity contribution in [2.45, 2.75) is 18.4 Å². The lowest BCUT2D eigenvalue weighted by Crippen LogP contribution is -2.31. The lowest BCUT2D eigenvalue weighted by molar-refractivity contribution is 0.0695. The minimum absolute atomic E-state index is 0.0213. The van der Waals surface area contributed by atoms with E-state index in [4.69, 9.17) is 21.1 Å². The maximum atomic E-state index is 11.8. The fourth-order valence-electron chi connectivity index (χ4n) is 4.25. The summed E-state index contributed by atoms with van der Waals surface area (Å²) in [6.45, 7) is 0. The number of allylic oxidation sites excluding steroid dienone is 2. The van der Waals surface area contributed by atoms with Crippen LogP contribution in [0.5, 0.6) is 11.5 Å². The van der Waals surface area contributed by atoms with E-state index >= 15 is 0 Å². The van der Waals surface area contributed by atoms with E-state index in [0.717, 1.165) is 29.0 Å². The Morgan fingerprint density at radius 2 is 2.04 bits per heavy atom. The second-order valence-electron chi connectivity index (χ2n) is 6.77. The molecule has 27 heavy (non-hydrogen) atoms. The summed E-state index contributed by atoms with van der Waals surface area (Å²) < 4.78 is 11.0. The molecular weight excluding hydrogens is 366 g/mol. The van der Waals surface area contributed by atoms with Crippen molar-refractivity contribution >= 4 is 23.3 Å². The standard InChI is InChI=1S/C21H20ClNO4/c1-26-11-6-9-17(27-2)15(10-11)19-13-5-3-4-12(13)18-14(21(24)25)7-8-16(22)20(18)23-19/h3-4,6-10,12-13,19,23H,5H2,1-2H3,(H,24,25)/t12-,13+,19+/m1/s1. The second kappa shape index (κ2) is 6.82. The number of carboxylic acids is 1. The Morgan fingerprint density at radius 3 is 2.74 bits per heavy atom. The highest BCUT2D eigenvalue weighted by Crippen LogP contribution is 2.54. The maximum absolute atomic E-state index is 11.8. The summed E-state index contributed by atoms with van der Waals surface area (Å²) >= 11 is 6.46. The van der Waals surface area contributed by atoms with Crippen molar-refractivity contribution < 1.29 is 19.4 Å².